The van der Waals surface area contributed by atoms with Gasteiger partial charge in [0, 0.05) is 12.8 Å². The number of esters is 2. The Kier molecular flexibility index (Phi) is 37.6. The number of carbonyl (C=O) groups excluding carboxylic acids is 2. The minimum absolute atomic E-state index is 0.0572. The molecule has 0 aromatic heterocycles. The Balaban J connectivity index is 4.81. The summed E-state index contributed by atoms with van der Waals surface area (Å²) >= 11 is 0. The predicted molar refractivity (Wildman–Crippen MR) is 239 cm³/mol. The quantitative estimate of drug-likeness (QED) is 0.0100. The van der Waals surface area contributed by atoms with Crippen molar-refractivity contribution in [3.8, 4) is 0 Å². The number of allylic oxidation sites excluding steroid dienone is 7. The van der Waals surface area contributed by atoms with Crippen LogP contribution in [0.4, 0.5) is 0 Å². The molecule has 0 aliphatic rings. The molecule has 0 heterocycles. The number of aliphatic hydroxyl groups excluding tert-OH is 4. The van der Waals surface area contributed by atoms with Crippen molar-refractivity contribution in [2.45, 2.75) is 179 Å². The minimum Gasteiger partial charge on any atom is -0.462 e. The Morgan fingerprint density at radius 1 is 0.565 bits per heavy atom. The lowest BCUT2D eigenvalue weighted by atomic mass is 10.0. The third-order valence-corrected chi connectivity index (χ3v) is 10.7. The zero-order valence-corrected chi connectivity index (χ0v) is 38.8. The first-order valence-corrected chi connectivity index (χ1v) is 25.3. The lowest BCUT2D eigenvalue weighted by Crippen LogP contribution is -2.30. The average Bonchev–Trinajstić information content (AvgIpc) is 3.22. The molecule has 0 rings (SSSR count). The number of carbonyl (C=O) groups is 2. The van der Waals surface area contributed by atoms with Crippen molar-refractivity contribution in [3.05, 3.63) is 60.8 Å². The number of aliphatic hydroxyl groups is 4. The van der Waals surface area contributed by atoms with Crippen molar-refractivity contribution in [1.82, 2.24) is 0 Å². The molecule has 0 spiro atoms. The molecule has 0 aliphatic heterocycles. The molecule has 0 saturated heterocycles. The molecular weight excluding hydrogens is 846 g/mol. The van der Waals surface area contributed by atoms with Crippen molar-refractivity contribution < 1.29 is 76.9 Å². The summed E-state index contributed by atoms with van der Waals surface area (Å²) in [6.45, 7) is 1.18. The minimum atomic E-state index is -4.90. The van der Waals surface area contributed by atoms with Crippen LogP contribution in [0.1, 0.15) is 149 Å². The summed E-state index contributed by atoms with van der Waals surface area (Å²) < 4.78 is 47.5. The number of hydrogen-bond acceptors (Lipinski definition) is 13. The lowest BCUT2D eigenvalue weighted by molar-refractivity contribution is -0.161. The number of hydrogen-bond donors (Lipinski definition) is 7. The van der Waals surface area contributed by atoms with Crippen molar-refractivity contribution in [2.75, 3.05) is 26.4 Å². The Bertz CT molecular complexity index is 1380. The molecule has 0 aliphatic carbocycles. The van der Waals surface area contributed by atoms with E-state index in [1.165, 1.54) is 70.3 Å². The van der Waals surface area contributed by atoms with Crippen LogP contribution in [-0.2, 0) is 41.8 Å². The molecule has 0 bridgehead atoms. The summed E-state index contributed by atoms with van der Waals surface area (Å²) in [5, 5.41) is 40.2. The van der Waals surface area contributed by atoms with E-state index in [1.54, 1.807) is 42.5 Å². The molecule has 18 heteroatoms. The zero-order valence-electron chi connectivity index (χ0n) is 37.0. The van der Waals surface area contributed by atoms with Crippen LogP contribution < -0.4 is 0 Å². The first-order valence-electron chi connectivity index (χ1n) is 22.3. The highest BCUT2D eigenvalue weighted by molar-refractivity contribution is 7.47. The van der Waals surface area contributed by atoms with Crippen molar-refractivity contribution in [2.24, 2.45) is 0 Å². The molecule has 0 aromatic rings. The Labute approximate surface area is 370 Å². The van der Waals surface area contributed by atoms with Gasteiger partial charge in [0.25, 0.3) is 0 Å². The van der Waals surface area contributed by atoms with E-state index in [4.69, 9.17) is 23.8 Å². The molecular formula is C44H78O16P2. The average molecular weight is 925 g/mol. The lowest BCUT2D eigenvalue weighted by Gasteiger charge is -2.20. The highest BCUT2D eigenvalue weighted by Gasteiger charge is 2.28. The van der Waals surface area contributed by atoms with Crippen molar-refractivity contribution >= 4 is 27.6 Å². The third-order valence-electron chi connectivity index (χ3n) is 9.25. The van der Waals surface area contributed by atoms with E-state index in [-0.39, 0.29) is 25.7 Å². The van der Waals surface area contributed by atoms with Gasteiger partial charge in [-0.2, -0.15) is 0 Å². The topological polar surface area (TPSA) is 256 Å². The molecule has 0 fully saturated rings. The van der Waals surface area contributed by atoms with Crippen LogP contribution in [0.15, 0.2) is 60.8 Å². The summed E-state index contributed by atoms with van der Waals surface area (Å²) in [6.07, 6.45) is 30.1. The number of rotatable bonds is 41. The van der Waals surface area contributed by atoms with Crippen LogP contribution in [0.5, 0.6) is 0 Å². The van der Waals surface area contributed by atoms with Crippen molar-refractivity contribution in [1.29, 1.82) is 0 Å². The van der Waals surface area contributed by atoms with Gasteiger partial charge in [-0.05, 0) is 32.1 Å². The fourth-order valence-electron chi connectivity index (χ4n) is 5.75. The fourth-order valence-corrected chi connectivity index (χ4v) is 6.90. The largest absolute Gasteiger partial charge is 0.472 e. The molecule has 360 valence electrons. The van der Waals surface area contributed by atoms with Gasteiger partial charge in [-0.1, -0.05) is 164 Å². The molecule has 16 nitrogen and oxygen atoms in total. The second-order valence-corrected chi connectivity index (χ2v) is 17.9. The molecule has 0 aromatic carbocycles. The van der Waals surface area contributed by atoms with Gasteiger partial charge in [-0.25, -0.2) is 9.13 Å². The highest BCUT2D eigenvalue weighted by atomic mass is 31.2. The fraction of sp³-hybridized carbons (Fsp3) is 0.727. The smallest absolute Gasteiger partial charge is 0.462 e. The molecule has 0 amide bonds. The SMILES string of the molecule is CC/C=C\C[C@@H](O)/C=C/C=C/C=C\C=C/[C@H](O)[C@@H](O)CCCC(=O)OC[C@H](COP(=O)(O)OC[C@@H](O)COP(=O)(O)O)OC(=O)CCCCCCCCCCCCCCCCC. The van der Waals surface area contributed by atoms with Crippen molar-refractivity contribution in [3.63, 3.8) is 0 Å². The number of ether oxygens (including phenoxy) is 2. The number of phosphoric ester groups is 2. The summed E-state index contributed by atoms with van der Waals surface area (Å²) in [5.74, 6) is -1.36. The maximum Gasteiger partial charge on any atom is 0.472 e. The zero-order chi connectivity index (χ0) is 46.3. The summed E-state index contributed by atoms with van der Waals surface area (Å²) in [6, 6.07) is 0. The maximum absolute atomic E-state index is 12.7. The Morgan fingerprint density at radius 2 is 1.06 bits per heavy atom. The Morgan fingerprint density at radius 3 is 1.63 bits per heavy atom. The van der Waals surface area contributed by atoms with Crippen LogP contribution in [-0.4, -0.2) is 104 Å². The summed E-state index contributed by atoms with van der Waals surface area (Å²) in [4.78, 5) is 52.8. The second kappa shape index (κ2) is 39.1. The predicted octanol–water partition coefficient (Wildman–Crippen LogP) is 8.14. The van der Waals surface area contributed by atoms with Gasteiger partial charge in [0.05, 0.1) is 38.1 Å². The molecule has 62 heavy (non-hydrogen) atoms. The highest BCUT2D eigenvalue weighted by Crippen LogP contribution is 2.43. The van der Waals surface area contributed by atoms with Gasteiger partial charge in [-0.3, -0.25) is 23.2 Å². The first kappa shape index (κ1) is 59.7. The third kappa shape index (κ3) is 40.5. The molecule has 0 saturated carbocycles. The van der Waals surface area contributed by atoms with Crippen LogP contribution in [0.3, 0.4) is 0 Å². The van der Waals surface area contributed by atoms with Gasteiger partial charge in [0.15, 0.2) is 6.10 Å². The van der Waals surface area contributed by atoms with Gasteiger partial charge < -0.3 is 44.6 Å². The van der Waals surface area contributed by atoms with E-state index in [2.05, 4.69) is 16.0 Å². The van der Waals surface area contributed by atoms with Crippen LogP contribution >= 0.6 is 15.6 Å². The molecule has 0 radical (unpaired) electrons. The monoisotopic (exact) mass is 924 g/mol. The first-order chi connectivity index (χ1) is 29.6. The van der Waals surface area contributed by atoms with Gasteiger partial charge in [0.2, 0.25) is 0 Å². The van der Waals surface area contributed by atoms with Gasteiger partial charge in [-0.15, -0.1) is 0 Å². The van der Waals surface area contributed by atoms with Gasteiger partial charge >= 0.3 is 27.6 Å². The van der Waals surface area contributed by atoms with E-state index in [0.29, 0.717) is 12.8 Å². The standard InChI is InChI=1S/C44H78O16P2/c1-3-5-7-8-9-10-11-12-13-14-15-16-17-22-26-32-44(50)60-40(37-59-62(54,55)58-35-39(46)34-57-61(51,52)53)36-56-43(49)33-27-31-42(48)41(47)30-25-21-19-18-20-24-29-38(45)28-23-6-4-2/h6,18-21,23-25,29-30,38-42,45-48H,3-5,7-17,22,26-28,31-37H2,1-2H3,(H,54,55)(H2,51,52,53)/b20-18+,21-19-,23-6-,29-24+,30-25-/t38-,39+,40-,41+,42+/m1/s1. The summed E-state index contributed by atoms with van der Waals surface area (Å²) in [7, 11) is -9.79. The molecule has 1 unspecified atom stereocenters. The molecule has 6 atom stereocenters. The maximum atomic E-state index is 12.7. The van der Waals surface area contributed by atoms with E-state index in [0.717, 1.165) is 32.1 Å². The van der Waals surface area contributed by atoms with Crippen LogP contribution in [0.2, 0.25) is 0 Å². The van der Waals surface area contributed by atoms with Gasteiger partial charge in [0.1, 0.15) is 12.7 Å². The van der Waals surface area contributed by atoms with E-state index < -0.39 is 84.5 Å². The normalized spacial score (nSPS) is 16.1. The van der Waals surface area contributed by atoms with Crippen LogP contribution in [0.25, 0.3) is 0 Å². The number of unbranched alkanes of at least 4 members (excludes halogenated alkanes) is 14. The number of phosphoric acid groups is 2. The van der Waals surface area contributed by atoms with E-state index >= 15 is 0 Å². The van der Waals surface area contributed by atoms with E-state index in [9.17, 15) is 44.0 Å². The Hall–Kier alpha value is -2.30. The van der Waals surface area contributed by atoms with Crippen LogP contribution in [0, 0.1) is 0 Å². The molecule has 7 N–H and O–H groups in total. The second-order valence-electron chi connectivity index (χ2n) is 15.2. The summed E-state index contributed by atoms with van der Waals surface area (Å²) in [5.41, 5.74) is 0. The van der Waals surface area contributed by atoms with E-state index in [1.807, 2.05) is 19.1 Å².